The van der Waals surface area contributed by atoms with Crippen LogP contribution in [0.3, 0.4) is 0 Å². The molecule has 0 saturated heterocycles. The topological polar surface area (TPSA) is 98.9 Å². The highest BCUT2D eigenvalue weighted by Gasteiger charge is 2.25. The molecule has 2 amide bonds. The summed E-state index contributed by atoms with van der Waals surface area (Å²) in [6.45, 7) is 3.37. The van der Waals surface area contributed by atoms with Gasteiger partial charge in [0.05, 0.1) is 11.8 Å². The minimum atomic E-state index is -0.0965. The zero-order valence-corrected chi connectivity index (χ0v) is 23.3. The number of nitrogens with zero attached hydrogens (tertiary/aromatic N) is 5. The van der Waals surface area contributed by atoms with E-state index in [2.05, 4.69) is 45.8 Å². The number of hydrogen-bond acceptors (Lipinski definition) is 5. The minimum Gasteiger partial charge on any atom is -0.370 e. The van der Waals surface area contributed by atoms with Crippen LogP contribution in [-0.4, -0.2) is 33.4 Å². The van der Waals surface area contributed by atoms with Gasteiger partial charge in [-0.05, 0) is 54.7 Å². The van der Waals surface area contributed by atoms with Gasteiger partial charge < -0.3 is 10.6 Å². The second-order valence-corrected chi connectivity index (χ2v) is 9.87. The molecule has 4 aromatic rings. The molecule has 0 saturated carbocycles. The number of benzene rings is 2. The van der Waals surface area contributed by atoms with E-state index < -0.39 is 0 Å². The van der Waals surface area contributed by atoms with E-state index in [-0.39, 0.29) is 12.1 Å². The van der Waals surface area contributed by atoms with Gasteiger partial charge in [0, 0.05) is 49.8 Å². The molecule has 2 heterocycles. The fraction of sp³-hybridized carbons (Fsp3) is 0.312. The van der Waals surface area contributed by atoms with Crippen LogP contribution in [0.1, 0.15) is 50.2 Å². The first-order valence-corrected chi connectivity index (χ1v) is 13.9. The molecular formula is C32H37N7O. The van der Waals surface area contributed by atoms with Gasteiger partial charge in [0.2, 0.25) is 0 Å². The Labute approximate surface area is 236 Å². The molecule has 2 N–H and O–H groups in total. The van der Waals surface area contributed by atoms with E-state index in [1.807, 2.05) is 72.9 Å². The van der Waals surface area contributed by atoms with E-state index in [9.17, 15) is 4.79 Å². The van der Waals surface area contributed by atoms with Gasteiger partial charge in [0.25, 0.3) is 0 Å². The van der Waals surface area contributed by atoms with Gasteiger partial charge in [-0.1, -0.05) is 62.2 Å². The van der Waals surface area contributed by atoms with Crippen molar-refractivity contribution >= 4 is 17.5 Å². The lowest BCUT2D eigenvalue weighted by atomic mass is 10.0. The molecule has 2 aromatic heterocycles. The predicted molar refractivity (Wildman–Crippen MR) is 160 cm³/mol. The summed E-state index contributed by atoms with van der Waals surface area (Å²) in [5, 5.41) is 19.8. The van der Waals surface area contributed by atoms with Crippen molar-refractivity contribution in [2.45, 2.75) is 51.6 Å². The van der Waals surface area contributed by atoms with Crippen LogP contribution in [0.25, 0.3) is 11.1 Å². The normalized spacial score (nSPS) is 11.4. The van der Waals surface area contributed by atoms with Crippen molar-refractivity contribution in [1.29, 1.82) is 5.26 Å². The van der Waals surface area contributed by atoms with E-state index in [0.717, 1.165) is 66.8 Å². The lowest BCUT2D eigenvalue weighted by Crippen LogP contribution is -2.46. The van der Waals surface area contributed by atoms with Crippen LogP contribution in [0.5, 0.6) is 0 Å². The summed E-state index contributed by atoms with van der Waals surface area (Å²) in [5.41, 5.74) is 4.58. The SMILES string of the molecule is CCCCC(CCCNc1ccc(C#N)cn1)N(C(=O)NCc1ccccc1)c1ccc(-c2cnn(C)c2)cc1. The van der Waals surface area contributed by atoms with Crippen LogP contribution in [0.4, 0.5) is 16.3 Å². The van der Waals surface area contributed by atoms with E-state index in [4.69, 9.17) is 5.26 Å². The van der Waals surface area contributed by atoms with Crippen LogP contribution in [-0.2, 0) is 13.6 Å². The maximum Gasteiger partial charge on any atom is 0.322 e. The highest BCUT2D eigenvalue weighted by atomic mass is 16.2. The molecule has 0 fully saturated rings. The number of amides is 2. The minimum absolute atomic E-state index is 0.0377. The van der Waals surface area contributed by atoms with Gasteiger partial charge in [-0.3, -0.25) is 9.58 Å². The average Bonchev–Trinajstić information content (AvgIpc) is 3.44. The summed E-state index contributed by atoms with van der Waals surface area (Å²) in [6.07, 6.45) is 10.1. The highest BCUT2D eigenvalue weighted by Crippen LogP contribution is 2.27. The molecule has 0 bridgehead atoms. The van der Waals surface area contributed by atoms with Gasteiger partial charge in [-0.25, -0.2) is 9.78 Å². The zero-order valence-electron chi connectivity index (χ0n) is 23.3. The number of nitrogens with one attached hydrogen (secondary N) is 2. The largest absolute Gasteiger partial charge is 0.370 e. The van der Waals surface area contributed by atoms with E-state index in [1.54, 1.807) is 16.9 Å². The smallest absolute Gasteiger partial charge is 0.322 e. The summed E-state index contributed by atoms with van der Waals surface area (Å²) >= 11 is 0. The van der Waals surface area contributed by atoms with Crippen molar-refractivity contribution < 1.29 is 4.79 Å². The molecule has 4 rings (SSSR count). The molecule has 0 aliphatic heterocycles. The maximum absolute atomic E-state index is 13.7. The first kappa shape index (κ1) is 28.4. The van der Waals surface area contributed by atoms with Crippen LogP contribution in [0.15, 0.2) is 85.3 Å². The number of unbranched alkanes of at least 4 members (excludes halogenated alkanes) is 1. The van der Waals surface area contributed by atoms with E-state index in [0.29, 0.717) is 12.1 Å². The zero-order chi connectivity index (χ0) is 28.2. The lowest BCUT2D eigenvalue weighted by Gasteiger charge is -2.32. The van der Waals surface area contributed by atoms with E-state index in [1.165, 1.54) is 0 Å². The quantitative estimate of drug-likeness (QED) is 0.190. The number of aromatic nitrogens is 3. The molecule has 40 heavy (non-hydrogen) atoms. The number of anilines is 2. The predicted octanol–water partition coefficient (Wildman–Crippen LogP) is 6.52. The summed E-state index contributed by atoms with van der Waals surface area (Å²) in [4.78, 5) is 20.0. The van der Waals surface area contributed by atoms with Crippen LogP contribution < -0.4 is 15.5 Å². The number of nitriles is 1. The third-order valence-electron chi connectivity index (χ3n) is 6.86. The Balaban J connectivity index is 1.50. The number of carbonyl (C=O) groups excluding carboxylic acids is 1. The van der Waals surface area contributed by atoms with Gasteiger partial charge in [0.15, 0.2) is 0 Å². The van der Waals surface area contributed by atoms with Crippen LogP contribution >= 0.6 is 0 Å². The molecule has 8 nitrogen and oxygen atoms in total. The second kappa shape index (κ2) is 14.5. The third-order valence-corrected chi connectivity index (χ3v) is 6.86. The molecule has 0 spiro atoms. The molecule has 1 unspecified atom stereocenters. The Kier molecular flexibility index (Phi) is 10.3. The van der Waals surface area contributed by atoms with Crippen molar-refractivity contribution in [3.63, 3.8) is 0 Å². The van der Waals surface area contributed by atoms with Gasteiger partial charge >= 0.3 is 6.03 Å². The summed E-state index contributed by atoms with van der Waals surface area (Å²) in [5.74, 6) is 0.743. The average molecular weight is 536 g/mol. The first-order chi connectivity index (χ1) is 19.6. The van der Waals surface area contributed by atoms with Crippen molar-refractivity contribution in [3.05, 3.63) is 96.4 Å². The first-order valence-electron chi connectivity index (χ1n) is 13.9. The van der Waals surface area contributed by atoms with Gasteiger partial charge in [-0.15, -0.1) is 0 Å². The summed E-state index contributed by atoms with van der Waals surface area (Å²) in [7, 11) is 1.90. The Morgan fingerprint density at radius 3 is 2.42 bits per heavy atom. The fourth-order valence-corrected chi connectivity index (χ4v) is 4.70. The Hall–Kier alpha value is -4.64. The number of carbonyl (C=O) groups is 1. The fourth-order valence-electron chi connectivity index (χ4n) is 4.70. The maximum atomic E-state index is 13.7. The monoisotopic (exact) mass is 535 g/mol. The van der Waals surface area contributed by atoms with Crippen molar-refractivity contribution in [2.24, 2.45) is 7.05 Å². The number of urea groups is 1. The molecule has 206 valence electrons. The number of rotatable bonds is 13. The molecule has 2 aromatic carbocycles. The Morgan fingerprint density at radius 2 is 1.77 bits per heavy atom. The number of aryl methyl sites for hydroxylation is 1. The van der Waals surface area contributed by atoms with Crippen molar-refractivity contribution in [3.8, 4) is 17.2 Å². The van der Waals surface area contributed by atoms with Crippen LogP contribution in [0, 0.1) is 11.3 Å². The summed E-state index contributed by atoms with van der Waals surface area (Å²) < 4.78 is 1.79. The second-order valence-electron chi connectivity index (χ2n) is 9.87. The molecule has 1 atom stereocenters. The third kappa shape index (κ3) is 7.93. The molecule has 0 aliphatic rings. The van der Waals surface area contributed by atoms with Crippen molar-refractivity contribution in [1.82, 2.24) is 20.1 Å². The molecular weight excluding hydrogens is 498 g/mol. The molecule has 8 heteroatoms. The Bertz CT molecular complexity index is 1380. The van der Waals surface area contributed by atoms with Gasteiger partial charge in [0.1, 0.15) is 11.9 Å². The Morgan fingerprint density at radius 1 is 1.00 bits per heavy atom. The number of hydrogen-bond donors (Lipinski definition) is 2. The summed E-state index contributed by atoms with van der Waals surface area (Å²) in [6, 6.07) is 23.8. The highest BCUT2D eigenvalue weighted by molar-refractivity contribution is 5.93. The van der Waals surface area contributed by atoms with E-state index >= 15 is 0 Å². The lowest BCUT2D eigenvalue weighted by molar-refractivity contribution is 0.242. The molecule has 0 radical (unpaired) electrons. The van der Waals surface area contributed by atoms with Crippen LogP contribution in [0.2, 0.25) is 0 Å². The molecule has 0 aliphatic carbocycles. The standard InChI is InChI=1S/C32H37N7O/c1-3-4-11-29(12-8-19-34-31-18-13-26(20-33)22-35-31)39(32(40)36-21-25-9-6-5-7-10-25)30-16-14-27(15-17-30)28-23-37-38(2)24-28/h5-7,9-10,13-18,22-24,29H,3-4,8,11-12,19,21H2,1-2H3,(H,34,35)(H,36,40). The number of pyridine rings is 1. The van der Waals surface area contributed by atoms with Gasteiger partial charge in [-0.2, -0.15) is 10.4 Å². The van der Waals surface area contributed by atoms with Crippen molar-refractivity contribution in [2.75, 3.05) is 16.8 Å².